The van der Waals surface area contributed by atoms with Crippen molar-refractivity contribution in [3.05, 3.63) is 42.5 Å². The van der Waals surface area contributed by atoms with Crippen LogP contribution in [0.1, 0.15) is 37.7 Å². The molecule has 0 unspecified atom stereocenters. The van der Waals surface area contributed by atoms with Gasteiger partial charge in [-0.3, -0.25) is 4.90 Å². The number of likely N-dealkylation sites (tertiary alicyclic amines) is 1. The number of rotatable bonds is 4. The number of methoxy groups -OCH3 is 1. The van der Waals surface area contributed by atoms with Gasteiger partial charge < -0.3 is 4.74 Å². The number of piperidine rings is 1. The SMILES string of the molecule is C=CCN1CC[C@]2(c3cccc(OC)c3)CCCC[C@@H]2C1. The summed E-state index contributed by atoms with van der Waals surface area (Å²) in [5.74, 6) is 1.78. The van der Waals surface area contributed by atoms with Crippen molar-refractivity contribution < 1.29 is 4.74 Å². The van der Waals surface area contributed by atoms with Crippen molar-refractivity contribution in [3.8, 4) is 5.75 Å². The fourth-order valence-corrected chi connectivity index (χ4v) is 4.47. The molecule has 114 valence electrons. The van der Waals surface area contributed by atoms with Crippen LogP contribution in [-0.2, 0) is 5.41 Å². The van der Waals surface area contributed by atoms with Crippen LogP contribution in [0.2, 0.25) is 0 Å². The van der Waals surface area contributed by atoms with E-state index in [0.717, 1.165) is 18.2 Å². The van der Waals surface area contributed by atoms with Crippen LogP contribution in [0.5, 0.6) is 5.75 Å². The van der Waals surface area contributed by atoms with Crippen molar-refractivity contribution in [2.75, 3.05) is 26.7 Å². The quantitative estimate of drug-likeness (QED) is 0.775. The molecule has 0 amide bonds. The first-order valence-corrected chi connectivity index (χ1v) is 8.26. The van der Waals surface area contributed by atoms with Gasteiger partial charge in [-0.25, -0.2) is 0 Å². The predicted octanol–water partition coefficient (Wildman–Crippen LogP) is 4.01. The number of ether oxygens (including phenoxy) is 1. The summed E-state index contributed by atoms with van der Waals surface area (Å²) >= 11 is 0. The zero-order valence-corrected chi connectivity index (χ0v) is 13.2. The van der Waals surface area contributed by atoms with Crippen molar-refractivity contribution in [2.45, 2.75) is 37.5 Å². The highest BCUT2D eigenvalue weighted by Crippen LogP contribution is 2.49. The van der Waals surface area contributed by atoms with Crippen molar-refractivity contribution in [3.63, 3.8) is 0 Å². The molecule has 2 fully saturated rings. The van der Waals surface area contributed by atoms with Crippen LogP contribution in [0.15, 0.2) is 36.9 Å². The molecule has 1 saturated heterocycles. The van der Waals surface area contributed by atoms with E-state index in [1.165, 1.54) is 50.8 Å². The molecule has 2 atom stereocenters. The minimum Gasteiger partial charge on any atom is -0.497 e. The molecule has 21 heavy (non-hydrogen) atoms. The second-order valence-electron chi connectivity index (χ2n) is 6.63. The summed E-state index contributed by atoms with van der Waals surface area (Å²) in [6.45, 7) is 7.35. The van der Waals surface area contributed by atoms with E-state index in [0.29, 0.717) is 5.41 Å². The van der Waals surface area contributed by atoms with Gasteiger partial charge in [-0.05, 0) is 49.4 Å². The van der Waals surface area contributed by atoms with E-state index in [4.69, 9.17) is 4.74 Å². The molecule has 1 heterocycles. The smallest absolute Gasteiger partial charge is 0.119 e. The molecule has 1 aliphatic carbocycles. The van der Waals surface area contributed by atoms with Crippen molar-refractivity contribution in [1.29, 1.82) is 0 Å². The van der Waals surface area contributed by atoms with Gasteiger partial charge >= 0.3 is 0 Å². The largest absolute Gasteiger partial charge is 0.497 e. The Labute approximate surface area is 128 Å². The van der Waals surface area contributed by atoms with Gasteiger partial charge in [0.05, 0.1) is 7.11 Å². The molecule has 1 aromatic rings. The average Bonchev–Trinajstić information content (AvgIpc) is 2.55. The van der Waals surface area contributed by atoms with E-state index < -0.39 is 0 Å². The molecule has 0 N–H and O–H groups in total. The molecular weight excluding hydrogens is 258 g/mol. The van der Waals surface area contributed by atoms with Gasteiger partial charge in [0.25, 0.3) is 0 Å². The molecule has 1 aromatic carbocycles. The normalized spacial score (nSPS) is 29.7. The summed E-state index contributed by atoms with van der Waals surface area (Å²) in [5.41, 5.74) is 1.88. The third-order valence-electron chi connectivity index (χ3n) is 5.59. The van der Waals surface area contributed by atoms with Crippen molar-refractivity contribution >= 4 is 0 Å². The highest BCUT2D eigenvalue weighted by molar-refractivity contribution is 5.35. The van der Waals surface area contributed by atoms with Gasteiger partial charge in [0.1, 0.15) is 5.75 Å². The van der Waals surface area contributed by atoms with E-state index in [1.54, 1.807) is 7.11 Å². The Kier molecular flexibility index (Phi) is 4.34. The van der Waals surface area contributed by atoms with E-state index in [2.05, 4.69) is 35.7 Å². The maximum Gasteiger partial charge on any atom is 0.119 e. The Morgan fingerprint density at radius 2 is 2.29 bits per heavy atom. The van der Waals surface area contributed by atoms with Gasteiger partial charge in [0.15, 0.2) is 0 Å². The maximum absolute atomic E-state index is 5.46. The first kappa shape index (κ1) is 14.6. The highest BCUT2D eigenvalue weighted by atomic mass is 16.5. The van der Waals surface area contributed by atoms with Crippen molar-refractivity contribution in [2.24, 2.45) is 5.92 Å². The summed E-state index contributed by atoms with van der Waals surface area (Å²) in [6.07, 6.45) is 8.78. The van der Waals surface area contributed by atoms with Crippen LogP contribution in [-0.4, -0.2) is 31.6 Å². The fraction of sp³-hybridized carbons (Fsp3) is 0.579. The number of hydrogen-bond donors (Lipinski definition) is 0. The second-order valence-corrected chi connectivity index (χ2v) is 6.63. The fourth-order valence-electron chi connectivity index (χ4n) is 4.47. The maximum atomic E-state index is 5.46. The van der Waals surface area contributed by atoms with E-state index in [1.807, 2.05) is 6.08 Å². The van der Waals surface area contributed by atoms with Crippen LogP contribution in [0.4, 0.5) is 0 Å². The molecule has 2 aliphatic rings. The predicted molar refractivity (Wildman–Crippen MR) is 87.9 cm³/mol. The summed E-state index contributed by atoms with van der Waals surface area (Å²) in [4.78, 5) is 2.57. The number of nitrogens with zero attached hydrogens (tertiary/aromatic N) is 1. The first-order chi connectivity index (χ1) is 10.3. The Morgan fingerprint density at radius 3 is 3.10 bits per heavy atom. The molecule has 0 spiro atoms. The van der Waals surface area contributed by atoms with Gasteiger partial charge in [-0.1, -0.05) is 31.1 Å². The first-order valence-electron chi connectivity index (χ1n) is 8.26. The topological polar surface area (TPSA) is 12.5 Å². The third-order valence-corrected chi connectivity index (χ3v) is 5.59. The molecule has 1 saturated carbocycles. The Bertz CT molecular complexity index is 498. The molecular formula is C19H27NO. The standard InChI is InChI=1S/C19H27NO/c1-3-12-20-13-11-19(10-5-4-7-17(19)15-20)16-8-6-9-18(14-16)21-2/h3,6,8-9,14,17H,1,4-5,7,10-13,15H2,2H3/t17-,19+/m1/s1. The monoisotopic (exact) mass is 285 g/mol. The highest BCUT2D eigenvalue weighted by Gasteiger charge is 2.45. The lowest BCUT2D eigenvalue weighted by Gasteiger charge is -2.51. The summed E-state index contributed by atoms with van der Waals surface area (Å²) < 4.78 is 5.46. The number of benzene rings is 1. The van der Waals surface area contributed by atoms with Crippen LogP contribution >= 0.6 is 0 Å². The van der Waals surface area contributed by atoms with Gasteiger partial charge in [0.2, 0.25) is 0 Å². The Balaban J connectivity index is 1.90. The van der Waals surface area contributed by atoms with E-state index in [9.17, 15) is 0 Å². The second kappa shape index (κ2) is 6.23. The van der Waals surface area contributed by atoms with E-state index >= 15 is 0 Å². The van der Waals surface area contributed by atoms with Crippen LogP contribution in [0.3, 0.4) is 0 Å². The minimum atomic E-state index is 0.379. The van der Waals surface area contributed by atoms with Gasteiger partial charge in [-0.15, -0.1) is 6.58 Å². The molecule has 0 bridgehead atoms. The Hall–Kier alpha value is -1.28. The zero-order valence-electron chi connectivity index (χ0n) is 13.2. The molecule has 2 heteroatoms. The summed E-state index contributed by atoms with van der Waals surface area (Å²) in [7, 11) is 1.77. The lowest BCUT2D eigenvalue weighted by atomic mass is 9.59. The molecule has 1 aliphatic heterocycles. The third kappa shape index (κ3) is 2.74. The zero-order chi connectivity index (χ0) is 14.7. The lowest BCUT2D eigenvalue weighted by molar-refractivity contribution is 0.0627. The number of hydrogen-bond acceptors (Lipinski definition) is 2. The Morgan fingerprint density at radius 1 is 1.38 bits per heavy atom. The van der Waals surface area contributed by atoms with Gasteiger partial charge in [0, 0.05) is 18.5 Å². The summed E-state index contributed by atoms with van der Waals surface area (Å²) in [5, 5.41) is 0. The molecule has 3 rings (SSSR count). The lowest BCUT2D eigenvalue weighted by Crippen LogP contribution is -2.51. The minimum absolute atomic E-state index is 0.379. The molecule has 0 radical (unpaired) electrons. The molecule has 0 aromatic heterocycles. The van der Waals surface area contributed by atoms with Crippen molar-refractivity contribution in [1.82, 2.24) is 4.90 Å². The van der Waals surface area contributed by atoms with Crippen LogP contribution in [0, 0.1) is 5.92 Å². The number of fused-ring (bicyclic) bond motifs is 1. The van der Waals surface area contributed by atoms with Crippen LogP contribution < -0.4 is 4.74 Å². The summed E-state index contributed by atoms with van der Waals surface area (Å²) in [6, 6.07) is 8.82. The average molecular weight is 285 g/mol. The van der Waals surface area contributed by atoms with Gasteiger partial charge in [-0.2, -0.15) is 0 Å². The molecule has 2 nitrogen and oxygen atoms in total. The van der Waals surface area contributed by atoms with Crippen LogP contribution in [0.25, 0.3) is 0 Å². The van der Waals surface area contributed by atoms with E-state index in [-0.39, 0.29) is 0 Å².